The van der Waals surface area contributed by atoms with Crippen molar-refractivity contribution in [2.75, 3.05) is 19.4 Å². The lowest BCUT2D eigenvalue weighted by Crippen LogP contribution is -2.60. The van der Waals surface area contributed by atoms with Crippen LogP contribution in [-0.4, -0.2) is 71.9 Å². The fourth-order valence-corrected chi connectivity index (χ4v) is 8.16. The van der Waals surface area contributed by atoms with Crippen LogP contribution >= 0.6 is 23.2 Å². The van der Waals surface area contributed by atoms with E-state index in [2.05, 4.69) is 10.5 Å². The number of benzene rings is 2. The van der Waals surface area contributed by atoms with Crippen LogP contribution in [0.25, 0.3) is 0 Å². The van der Waals surface area contributed by atoms with Crippen molar-refractivity contribution in [1.82, 2.24) is 19.7 Å². The number of aromatic nitrogens is 1. The molecule has 1 aliphatic heterocycles. The molecule has 2 aromatic carbocycles. The maximum atomic E-state index is 14.6. The number of hydrogen-bond donors (Lipinski definition) is 1. The minimum absolute atomic E-state index is 0.00215. The molecule has 1 aliphatic carbocycles. The Balaban J connectivity index is 1.62. The average Bonchev–Trinajstić information content (AvgIpc) is 3.04. The molecule has 1 fully saturated rings. The summed E-state index contributed by atoms with van der Waals surface area (Å²) >= 11 is 13.1. The highest BCUT2D eigenvalue weighted by molar-refractivity contribution is 7.88. The Kier molecular flexibility index (Phi) is 11.2. The zero-order valence-corrected chi connectivity index (χ0v) is 28.3. The van der Waals surface area contributed by atoms with Gasteiger partial charge in [0.05, 0.1) is 30.5 Å². The van der Waals surface area contributed by atoms with E-state index < -0.39 is 58.4 Å². The smallest absolute Gasteiger partial charge is 0.321 e. The highest BCUT2D eigenvalue weighted by atomic mass is 35.5. The molecule has 0 unspecified atom stereocenters. The van der Waals surface area contributed by atoms with Gasteiger partial charge in [-0.2, -0.15) is 4.31 Å². The molecule has 4 atom stereocenters. The first-order valence-corrected chi connectivity index (χ1v) is 17.9. The van der Waals surface area contributed by atoms with E-state index in [-0.39, 0.29) is 18.2 Å². The number of hydroxylamine groups is 1. The van der Waals surface area contributed by atoms with Gasteiger partial charge in [0.15, 0.2) is 0 Å². The molecule has 0 saturated heterocycles. The number of halogens is 2. The van der Waals surface area contributed by atoms with Gasteiger partial charge in [0.1, 0.15) is 13.2 Å². The molecule has 1 saturated carbocycles. The lowest BCUT2D eigenvalue weighted by Gasteiger charge is -2.50. The largest absolute Gasteiger partial charge is 0.465 e. The quantitative estimate of drug-likeness (QED) is 0.217. The third-order valence-corrected chi connectivity index (χ3v) is 10.3. The summed E-state index contributed by atoms with van der Waals surface area (Å²) in [6, 6.07) is 14.5. The summed E-state index contributed by atoms with van der Waals surface area (Å²) in [6.45, 7) is 1.21. The highest BCUT2D eigenvalue weighted by Crippen LogP contribution is 2.48. The van der Waals surface area contributed by atoms with Gasteiger partial charge in [-0.3, -0.25) is 24.2 Å². The molecule has 2 amide bonds. The summed E-state index contributed by atoms with van der Waals surface area (Å²) < 4.78 is 32.7. The van der Waals surface area contributed by atoms with Crippen LogP contribution in [0.1, 0.15) is 71.7 Å². The Morgan fingerprint density at radius 2 is 1.79 bits per heavy atom. The van der Waals surface area contributed by atoms with Gasteiger partial charge in [-0.25, -0.2) is 13.9 Å². The van der Waals surface area contributed by atoms with Crippen LogP contribution in [0.5, 0.6) is 0 Å². The van der Waals surface area contributed by atoms with Gasteiger partial charge < -0.3 is 9.64 Å². The first kappa shape index (κ1) is 34.8. The average molecular weight is 704 g/mol. The number of sulfonamides is 1. The monoisotopic (exact) mass is 702 g/mol. The number of nitrogens with zero attached hydrogens (tertiary/aromatic N) is 3. The molecular formula is C33H36Cl2N4O7S. The zero-order chi connectivity index (χ0) is 33.7. The van der Waals surface area contributed by atoms with Crippen molar-refractivity contribution >= 4 is 51.0 Å². The summed E-state index contributed by atoms with van der Waals surface area (Å²) in [6.07, 6.45) is 4.81. The Bertz CT molecular complexity index is 1730. The maximum Gasteiger partial charge on any atom is 0.321 e. The molecule has 14 heteroatoms. The fourth-order valence-electron chi connectivity index (χ4n) is 6.57. The Hall–Kier alpha value is -3.55. The number of hydrogen-bond acceptors (Lipinski definition) is 8. The number of nitrogens with one attached hydrogen (secondary N) is 1. The molecular weight excluding hydrogens is 667 g/mol. The van der Waals surface area contributed by atoms with E-state index >= 15 is 0 Å². The van der Waals surface area contributed by atoms with Crippen LogP contribution in [0.2, 0.25) is 10.0 Å². The SMILES string of the molecule is CCOC(=O)CN([C@H]1CCCC[C@@H]1N1C(=O)c2ccccc2[C@@H](C(=O)NOCc2ccccn2)[C@@H]1c1ccc(Cl)cc1Cl)S(C)(=O)=O. The van der Waals surface area contributed by atoms with Gasteiger partial charge in [0, 0.05) is 33.9 Å². The van der Waals surface area contributed by atoms with Crippen LogP contribution in [0.15, 0.2) is 66.9 Å². The number of ether oxygens (including phenoxy) is 1. The third-order valence-electron chi connectivity index (χ3n) is 8.50. The number of rotatable bonds is 11. The third kappa shape index (κ3) is 7.79. The minimum atomic E-state index is -3.95. The zero-order valence-electron chi connectivity index (χ0n) is 26.0. The molecule has 1 aromatic heterocycles. The van der Waals surface area contributed by atoms with Crippen LogP contribution in [0, 0.1) is 0 Å². The molecule has 11 nitrogen and oxygen atoms in total. The minimum Gasteiger partial charge on any atom is -0.465 e. The second-order valence-electron chi connectivity index (χ2n) is 11.5. The Morgan fingerprint density at radius 3 is 2.49 bits per heavy atom. The van der Waals surface area contributed by atoms with E-state index in [1.807, 2.05) is 0 Å². The van der Waals surface area contributed by atoms with E-state index in [1.54, 1.807) is 72.6 Å². The van der Waals surface area contributed by atoms with Crippen molar-refractivity contribution in [3.63, 3.8) is 0 Å². The van der Waals surface area contributed by atoms with Crippen molar-refractivity contribution in [1.29, 1.82) is 0 Å². The number of carbonyl (C=O) groups is 3. The first-order valence-electron chi connectivity index (χ1n) is 15.3. The van der Waals surface area contributed by atoms with Crippen LogP contribution in [-0.2, 0) is 35.8 Å². The lowest BCUT2D eigenvalue weighted by atomic mass is 9.76. The van der Waals surface area contributed by atoms with Gasteiger partial charge >= 0.3 is 5.97 Å². The van der Waals surface area contributed by atoms with Crippen molar-refractivity contribution in [3.8, 4) is 0 Å². The number of carbonyl (C=O) groups excluding carboxylic acids is 3. The molecule has 1 N–H and O–H groups in total. The summed E-state index contributed by atoms with van der Waals surface area (Å²) in [4.78, 5) is 52.9. The van der Waals surface area contributed by atoms with Crippen LogP contribution in [0.3, 0.4) is 0 Å². The summed E-state index contributed by atoms with van der Waals surface area (Å²) in [5, 5.41) is 0.589. The summed E-state index contributed by atoms with van der Waals surface area (Å²) in [5.41, 5.74) is 4.35. The second-order valence-corrected chi connectivity index (χ2v) is 14.3. The van der Waals surface area contributed by atoms with Gasteiger partial charge in [0.25, 0.3) is 11.8 Å². The van der Waals surface area contributed by atoms with Crippen molar-refractivity contribution < 1.29 is 32.4 Å². The number of esters is 1. The van der Waals surface area contributed by atoms with Gasteiger partial charge in [-0.05, 0) is 61.2 Å². The van der Waals surface area contributed by atoms with Crippen LogP contribution < -0.4 is 5.48 Å². The normalized spacial score (nSPS) is 21.3. The van der Waals surface area contributed by atoms with E-state index in [4.69, 9.17) is 32.8 Å². The number of pyridine rings is 1. The Morgan fingerprint density at radius 1 is 1.04 bits per heavy atom. The van der Waals surface area contributed by atoms with Gasteiger partial charge in [-0.1, -0.05) is 66.4 Å². The standard InChI is InChI=1S/C33H36Cl2N4O7S/c1-3-45-29(40)19-38(47(2,43)44)27-13-6-7-14-28(27)39-31(25-16-15-21(34)18-26(25)35)30(23-11-4-5-12-24(23)33(39)42)32(41)37-46-20-22-10-8-9-17-36-22/h4-5,8-12,15-18,27-28,30-31H,3,6-7,13-14,19-20H2,1-2H3,(H,37,41)/t27-,28-,30+,31-/m0/s1. The molecule has 3 aromatic rings. The first-order chi connectivity index (χ1) is 22.5. The topological polar surface area (TPSA) is 135 Å². The fraction of sp³-hybridized carbons (Fsp3) is 0.394. The van der Waals surface area contributed by atoms with E-state index in [9.17, 15) is 22.8 Å². The predicted molar refractivity (Wildman–Crippen MR) is 176 cm³/mol. The number of fused-ring (bicyclic) bond motifs is 1. The van der Waals surface area contributed by atoms with E-state index in [0.717, 1.165) is 10.6 Å². The molecule has 0 spiro atoms. The molecule has 250 valence electrons. The van der Waals surface area contributed by atoms with Gasteiger partial charge in [0.2, 0.25) is 10.0 Å². The predicted octanol–water partition coefficient (Wildman–Crippen LogP) is 5.05. The van der Waals surface area contributed by atoms with Crippen molar-refractivity contribution in [2.24, 2.45) is 0 Å². The molecule has 2 aliphatic rings. The molecule has 5 rings (SSSR count). The summed E-state index contributed by atoms with van der Waals surface area (Å²) in [5.74, 6) is -2.65. The molecule has 2 heterocycles. The highest BCUT2D eigenvalue weighted by Gasteiger charge is 2.51. The lowest BCUT2D eigenvalue weighted by molar-refractivity contribution is -0.144. The van der Waals surface area contributed by atoms with Crippen LogP contribution in [0.4, 0.5) is 0 Å². The van der Waals surface area contributed by atoms with Gasteiger partial charge in [-0.15, -0.1) is 0 Å². The van der Waals surface area contributed by atoms with Crippen molar-refractivity contribution in [3.05, 3.63) is 99.3 Å². The van der Waals surface area contributed by atoms with E-state index in [0.29, 0.717) is 53.1 Å². The maximum absolute atomic E-state index is 14.6. The number of amides is 2. The van der Waals surface area contributed by atoms with Crippen molar-refractivity contribution in [2.45, 2.75) is 63.3 Å². The second kappa shape index (κ2) is 15.1. The molecule has 0 radical (unpaired) electrons. The Labute approximate surface area is 284 Å². The summed E-state index contributed by atoms with van der Waals surface area (Å²) in [7, 11) is -3.95. The van der Waals surface area contributed by atoms with E-state index in [1.165, 1.54) is 6.07 Å². The molecule has 47 heavy (non-hydrogen) atoms. The molecule has 0 bridgehead atoms.